The summed E-state index contributed by atoms with van der Waals surface area (Å²) in [5.41, 5.74) is 12.1. The SMILES string of the molecule is NCCCC(N)C(O)(c1ccccc1)C1CCCCC1. The van der Waals surface area contributed by atoms with Gasteiger partial charge in [-0.25, -0.2) is 0 Å². The lowest BCUT2D eigenvalue weighted by atomic mass is 9.69. The van der Waals surface area contributed by atoms with Crippen molar-refractivity contribution < 1.29 is 5.11 Å². The fourth-order valence-electron chi connectivity index (χ4n) is 3.56. The molecule has 0 bridgehead atoms. The Morgan fingerprint density at radius 3 is 2.40 bits per heavy atom. The molecule has 2 atom stereocenters. The highest BCUT2D eigenvalue weighted by Gasteiger charge is 2.43. The van der Waals surface area contributed by atoms with Crippen molar-refractivity contribution >= 4 is 0 Å². The lowest BCUT2D eigenvalue weighted by Crippen LogP contribution is -2.51. The first-order valence-electron chi connectivity index (χ1n) is 7.93. The fraction of sp³-hybridized carbons (Fsp3) is 0.647. The Morgan fingerprint density at radius 2 is 1.80 bits per heavy atom. The lowest BCUT2D eigenvalue weighted by Gasteiger charge is -2.43. The van der Waals surface area contributed by atoms with E-state index in [4.69, 9.17) is 11.5 Å². The predicted molar refractivity (Wildman–Crippen MR) is 83.2 cm³/mol. The molecule has 1 fully saturated rings. The summed E-state index contributed by atoms with van der Waals surface area (Å²) in [6.45, 7) is 0.628. The van der Waals surface area contributed by atoms with Gasteiger partial charge in [-0.3, -0.25) is 0 Å². The third-order valence-electron chi connectivity index (χ3n) is 4.75. The minimum absolute atomic E-state index is 0.239. The van der Waals surface area contributed by atoms with E-state index < -0.39 is 5.60 Å². The normalized spacial score (nSPS) is 21.4. The summed E-state index contributed by atoms with van der Waals surface area (Å²) in [5.74, 6) is 0.270. The van der Waals surface area contributed by atoms with Crippen LogP contribution in [0.2, 0.25) is 0 Å². The van der Waals surface area contributed by atoms with Gasteiger partial charge in [0.1, 0.15) is 5.60 Å². The van der Waals surface area contributed by atoms with Crippen molar-refractivity contribution in [2.24, 2.45) is 17.4 Å². The van der Waals surface area contributed by atoms with E-state index in [9.17, 15) is 5.11 Å². The molecule has 2 unspecified atom stereocenters. The third-order valence-corrected chi connectivity index (χ3v) is 4.75. The molecule has 112 valence electrons. The summed E-state index contributed by atoms with van der Waals surface area (Å²) >= 11 is 0. The zero-order valence-electron chi connectivity index (χ0n) is 12.3. The van der Waals surface area contributed by atoms with E-state index in [2.05, 4.69) is 0 Å². The second-order valence-corrected chi connectivity index (χ2v) is 6.06. The van der Waals surface area contributed by atoms with Crippen LogP contribution >= 0.6 is 0 Å². The van der Waals surface area contributed by atoms with Crippen molar-refractivity contribution in [1.82, 2.24) is 0 Å². The maximum absolute atomic E-state index is 11.4. The highest BCUT2D eigenvalue weighted by Crippen LogP contribution is 2.42. The van der Waals surface area contributed by atoms with Gasteiger partial charge in [-0.1, -0.05) is 49.6 Å². The van der Waals surface area contributed by atoms with Crippen LogP contribution in [0.15, 0.2) is 30.3 Å². The number of nitrogens with two attached hydrogens (primary N) is 2. The monoisotopic (exact) mass is 276 g/mol. The number of benzene rings is 1. The van der Waals surface area contributed by atoms with Crippen LogP contribution in [0.5, 0.6) is 0 Å². The van der Waals surface area contributed by atoms with Gasteiger partial charge in [-0.2, -0.15) is 0 Å². The Labute approximate surface area is 122 Å². The average molecular weight is 276 g/mol. The van der Waals surface area contributed by atoms with E-state index >= 15 is 0 Å². The Hall–Kier alpha value is -0.900. The van der Waals surface area contributed by atoms with E-state index in [-0.39, 0.29) is 12.0 Å². The molecule has 0 aliphatic heterocycles. The standard InChI is InChI=1S/C17H28N2O/c18-13-7-12-16(19)17(20,14-8-3-1-4-9-14)15-10-5-2-6-11-15/h1,3-4,8-9,15-16,20H,2,5-7,10-13,18-19H2. The molecule has 3 nitrogen and oxygen atoms in total. The minimum Gasteiger partial charge on any atom is -0.383 e. The van der Waals surface area contributed by atoms with Crippen molar-refractivity contribution in [2.75, 3.05) is 6.54 Å². The number of hydrogen-bond donors (Lipinski definition) is 3. The van der Waals surface area contributed by atoms with Crippen LogP contribution in [0, 0.1) is 5.92 Å². The molecule has 1 aromatic carbocycles. The second-order valence-electron chi connectivity index (χ2n) is 6.06. The number of rotatable bonds is 6. The molecule has 3 heteroatoms. The maximum atomic E-state index is 11.4. The Kier molecular flexibility index (Phi) is 5.58. The zero-order chi connectivity index (χ0) is 14.4. The molecule has 5 N–H and O–H groups in total. The van der Waals surface area contributed by atoms with Gasteiger partial charge in [0.2, 0.25) is 0 Å². The summed E-state index contributed by atoms with van der Waals surface area (Å²) in [7, 11) is 0. The van der Waals surface area contributed by atoms with Crippen molar-refractivity contribution in [3.05, 3.63) is 35.9 Å². The van der Waals surface area contributed by atoms with Gasteiger partial charge in [-0.15, -0.1) is 0 Å². The summed E-state index contributed by atoms with van der Waals surface area (Å²) in [4.78, 5) is 0. The van der Waals surface area contributed by atoms with E-state index in [1.54, 1.807) is 0 Å². The van der Waals surface area contributed by atoms with Gasteiger partial charge >= 0.3 is 0 Å². The molecular formula is C17H28N2O. The van der Waals surface area contributed by atoms with Crippen LogP contribution in [0.1, 0.15) is 50.5 Å². The Balaban J connectivity index is 2.26. The first kappa shape index (κ1) is 15.5. The number of hydrogen-bond acceptors (Lipinski definition) is 3. The third kappa shape index (κ3) is 3.22. The van der Waals surface area contributed by atoms with Crippen molar-refractivity contribution in [3.8, 4) is 0 Å². The Morgan fingerprint density at radius 1 is 1.15 bits per heavy atom. The maximum Gasteiger partial charge on any atom is 0.107 e. The van der Waals surface area contributed by atoms with Crippen molar-refractivity contribution in [3.63, 3.8) is 0 Å². The molecule has 0 aromatic heterocycles. The largest absolute Gasteiger partial charge is 0.383 e. The molecule has 1 saturated carbocycles. The van der Waals surface area contributed by atoms with E-state index in [1.807, 2.05) is 30.3 Å². The molecule has 0 saturated heterocycles. The molecule has 1 aliphatic rings. The van der Waals surface area contributed by atoms with Crippen LogP contribution in [0.3, 0.4) is 0 Å². The molecule has 0 radical (unpaired) electrons. The van der Waals surface area contributed by atoms with Crippen molar-refractivity contribution in [2.45, 2.75) is 56.6 Å². The van der Waals surface area contributed by atoms with Crippen LogP contribution in [0.25, 0.3) is 0 Å². The summed E-state index contributed by atoms with van der Waals surface area (Å²) in [5, 5.41) is 11.4. The molecule has 0 amide bonds. The van der Waals surface area contributed by atoms with Gasteiger partial charge in [0, 0.05) is 6.04 Å². The van der Waals surface area contributed by atoms with E-state index in [0.717, 1.165) is 31.2 Å². The van der Waals surface area contributed by atoms with Gasteiger partial charge in [0.05, 0.1) is 0 Å². The summed E-state index contributed by atoms with van der Waals surface area (Å²) in [6.07, 6.45) is 7.46. The quantitative estimate of drug-likeness (QED) is 0.747. The van der Waals surface area contributed by atoms with Gasteiger partial charge in [-0.05, 0) is 43.7 Å². The zero-order valence-corrected chi connectivity index (χ0v) is 12.3. The van der Waals surface area contributed by atoms with Gasteiger partial charge < -0.3 is 16.6 Å². The van der Waals surface area contributed by atoms with E-state index in [0.29, 0.717) is 6.54 Å². The topological polar surface area (TPSA) is 72.3 Å². The molecule has 1 aromatic rings. The molecule has 1 aliphatic carbocycles. The Bertz CT molecular complexity index is 389. The molecule has 2 rings (SSSR count). The summed E-state index contributed by atoms with van der Waals surface area (Å²) in [6, 6.07) is 9.73. The van der Waals surface area contributed by atoms with Crippen LogP contribution < -0.4 is 11.5 Å². The molecule has 0 spiro atoms. The van der Waals surface area contributed by atoms with Crippen molar-refractivity contribution in [1.29, 1.82) is 0 Å². The first-order chi connectivity index (χ1) is 9.69. The lowest BCUT2D eigenvalue weighted by molar-refractivity contribution is -0.0625. The van der Waals surface area contributed by atoms with Crippen LogP contribution in [-0.4, -0.2) is 17.7 Å². The molecular weight excluding hydrogens is 248 g/mol. The first-order valence-corrected chi connectivity index (χ1v) is 7.93. The molecule has 0 heterocycles. The van der Waals surface area contributed by atoms with Crippen LogP contribution in [0.4, 0.5) is 0 Å². The highest BCUT2D eigenvalue weighted by molar-refractivity contribution is 5.25. The second kappa shape index (κ2) is 7.21. The summed E-state index contributed by atoms with van der Waals surface area (Å²) < 4.78 is 0. The molecule has 20 heavy (non-hydrogen) atoms. The van der Waals surface area contributed by atoms with E-state index in [1.165, 1.54) is 19.3 Å². The smallest absolute Gasteiger partial charge is 0.107 e. The predicted octanol–water partition coefficient (Wildman–Crippen LogP) is 2.52. The minimum atomic E-state index is -0.906. The van der Waals surface area contributed by atoms with Gasteiger partial charge in [0.25, 0.3) is 0 Å². The fourth-order valence-corrected chi connectivity index (χ4v) is 3.56. The number of aliphatic hydroxyl groups is 1. The highest BCUT2D eigenvalue weighted by atomic mass is 16.3. The van der Waals surface area contributed by atoms with Gasteiger partial charge in [0.15, 0.2) is 0 Å². The average Bonchev–Trinajstić information content (AvgIpc) is 2.53. The van der Waals surface area contributed by atoms with Crippen LogP contribution in [-0.2, 0) is 5.60 Å².